The standard InChI is InChI=1S/C25H38N2O2.C11H12ClNO/c1-6-23(25(29)26-22-15-11-12-18(3)20(22)5)27(24(28)7-2)19(4)16-17-21-13-9-8-10-14-21;1-3-4-11(14)13-10-6-8(2)5-9(12)7-10/h7-10,13-14,18-20,22-23H,2,6,11-12,15-17H2,1,3-5H3,(H,26,29);3-7H,1-2H3,(H,13,14)/b;4-3+. The Hall–Kier alpha value is -3.38. The maximum atomic E-state index is 13.2. The van der Waals surface area contributed by atoms with Gasteiger partial charge in [-0.2, -0.15) is 0 Å². The summed E-state index contributed by atoms with van der Waals surface area (Å²) in [6.45, 7) is 15.9. The summed E-state index contributed by atoms with van der Waals surface area (Å²) in [5.41, 5.74) is 2.99. The number of carbonyl (C=O) groups is 3. The van der Waals surface area contributed by atoms with Crippen molar-refractivity contribution in [1.29, 1.82) is 0 Å². The van der Waals surface area contributed by atoms with E-state index in [9.17, 15) is 14.4 Å². The molecule has 6 nitrogen and oxygen atoms in total. The second-order valence-corrected chi connectivity index (χ2v) is 12.1. The summed E-state index contributed by atoms with van der Waals surface area (Å²) in [5, 5.41) is 6.61. The van der Waals surface area contributed by atoms with Crippen molar-refractivity contribution in [3.63, 3.8) is 0 Å². The first-order valence-electron chi connectivity index (χ1n) is 15.5. The van der Waals surface area contributed by atoms with Gasteiger partial charge >= 0.3 is 0 Å². The molecule has 43 heavy (non-hydrogen) atoms. The van der Waals surface area contributed by atoms with Crippen molar-refractivity contribution in [3.05, 3.63) is 89.5 Å². The molecule has 0 saturated heterocycles. The molecule has 0 spiro atoms. The highest BCUT2D eigenvalue weighted by molar-refractivity contribution is 6.31. The Labute approximate surface area is 264 Å². The van der Waals surface area contributed by atoms with Crippen LogP contribution in [0.25, 0.3) is 0 Å². The van der Waals surface area contributed by atoms with Gasteiger partial charge in [-0.25, -0.2) is 0 Å². The van der Waals surface area contributed by atoms with Crippen LogP contribution in [-0.2, 0) is 20.8 Å². The maximum absolute atomic E-state index is 13.2. The number of halogens is 1. The van der Waals surface area contributed by atoms with Crippen LogP contribution < -0.4 is 10.6 Å². The first-order chi connectivity index (χ1) is 20.5. The number of aryl methyl sites for hydroxylation is 2. The van der Waals surface area contributed by atoms with E-state index < -0.39 is 6.04 Å². The second kappa shape index (κ2) is 18.3. The van der Waals surface area contributed by atoms with E-state index >= 15 is 0 Å². The van der Waals surface area contributed by atoms with Crippen molar-refractivity contribution < 1.29 is 14.4 Å². The fourth-order valence-corrected chi connectivity index (χ4v) is 5.95. The van der Waals surface area contributed by atoms with Crippen LogP contribution in [0.1, 0.15) is 77.8 Å². The van der Waals surface area contributed by atoms with Crippen molar-refractivity contribution in [2.75, 3.05) is 5.32 Å². The van der Waals surface area contributed by atoms with Crippen LogP contribution in [0.15, 0.2) is 73.3 Å². The van der Waals surface area contributed by atoms with E-state index in [1.165, 1.54) is 24.1 Å². The Balaban J connectivity index is 0.000000385. The van der Waals surface area contributed by atoms with Crippen LogP contribution in [0.2, 0.25) is 5.02 Å². The summed E-state index contributed by atoms with van der Waals surface area (Å²) in [4.78, 5) is 38.8. The predicted octanol–water partition coefficient (Wildman–Crippen LogP) is 7.90. The zero-order chi connectivity index (χ0) is 31.9. The summed E-state index contributed by atoms with van der Waals surface area (Å²) in [6.07, 6.45) is 10.2. The highest BCUT2D eigenvalue weighted by Crippen LogP contribution is 2.30. The van der Waals surface area contributed by atoms with Crippen molar-refractivity contribution in [2.45, 2.75) is 98.2 Å². The molecule has 5 unspecified atom stereocenters. The molecule has 3 rings (SSSR count). The smallest absolute Gasteiger partial charge is 0.248 e. The van der Waals surface area contributed by atoms with E-state index in [4.69, 9.17) is 11.6 Å². The van der Waals surface area contributed by atoms with Crippen LogP contribution in [0.4, 0.5) is 5.69 Å². The van der Waals surface area contributed by atoms with Gasteiger partial charge in [0.1, 0.15) is 6.04 Å². The summed E-state index contributed by atoms with van der Waals surface area (Å²) >= 11 is 5.84. The maximum Gasteiger partial charge on any atom is 0.248 e. The lowest BCUT2D eigenvalue weighted by atomic mass is 9.78. The SMILES string of the molecule is C/C=C/C(=O)Nc1cc(C)cc(Cl)c1.C=CC(=O)N(C(C)CCc1ccccc1)C(CC)C(=O)NC1CCCC(C)C1C. The highest BCUT2D eigenvalue weighted by atomic mass is 35.5. The first-order valence-corrected chi connectivity index (χ1v) is 15.9. The number of rotatable bonds is 11. The van der Waals surface area contributed by atoms with E-state index in [2.05, 4.69) is 43.2 Å². The summed E-state index contributed by atoms with van der Waals surface area (Å²) in [6, 6.07) is 15.4. The third kappa shape index (κ3) is 11.7. The number of allylic oxidation sites excluding steroid dienone is 1. The number of hydrogen-bond acceptors (Lipinski definition) is 3. The van der Waals surface area contributed by atoms with Gasteiger partial charge in [-0.1, -0.05) is 88.2 Å². The molecule has 0 radical (unpaired) electrons. The minimum Gasteiger partial charge on any atom is -0.351 e. The van der Waals surface area contributed by atoms with Gasteiger partial charge in [0.15, 0.2) is 0 Å². The average molecular weight is 608 g/mol. The minimum atomic E-state index is -0.462. The van der Waals surface area contributed by atoms with Gasteiger partial charge in [0.25, 0.3) is 0 Å². The van der Waals surface area contributed by atoms with Crippen molar-refractivity contribution in [2.24, 2.45) is 11.8 Å². The van der Waals surface area contributed by atoms with Gasteiger partial charge in [-0.3, -0.25) is 14.4 Å². The van der Waals surface area contributed by atoms with Crippen LogP contribution in [-0.4, -0.2) is 40.7 Å². The van der Waals surface area contributed by atoms with E-state index in [0.717, 1.165) is 36.9 Å². The number of benzene rings is 2. The Morgan fingerprint density at radius 2 is 1.81 bits per heavy atom. The minimum absolute atomic E-state index is 0.0276. The number of carbonyl (C=O) groups excluding carboxylic acids is 3. The Bertz CT molecular complexity index is 1210. The molecule has 0 aromatic heterocycles. The molecule has 1 aliphatic rings. The lowest BCUT2D eigenvalue weighted by molar-refractivity contribution is -0.140. The molecule has 5 atom stereocenters. The molecule has 2 aromatic rings. The van der Waals surface area contributed by atoms with Crippen molar-refractivity contribution in [1.82, 2.24) is 10.2 Å². The van der Waals surface area contributed by atoms with Crippen LogP contribution >= 0.6 is 11.6 Å². The molecular weight excluding hydrogens is 558 g/mol. The topological polar surface area (TPSA) is 78.5 Å². The third-order valence-corrected chi connectivity index (χ3v) is 8.50. The highest BCUT2D eigenvalue weighted by Gasteiger charge is 2.34. The van der Waals surface area contributed by atoms with E-state index in [0.29, 0.717) is 23.3 Å². The molecule has 1 aliphatic carbocycles. The lowest BCUT2D eigenvalue weighted by Crippen LogP contribution is -2.55. The molecule has 7 heteroatoms. The molecule has 0 aliphatic heterocycles. The number of anilines is 1. The van der Waals surface area contributed by atoms with Crippen LogP contribution in [0.5, 0.6) is 0 Å². The van der Waals surface area contributed by atoms with Gasteiger partial charge in [0.05, 0.1) is 0 Å². The zero-order valence-corrected chi connectivity index (χ0v) is 27.5. The third-order valence-electron chi connectivity index (χ3n) is 8.28. The molecular formula is C36H50ClN3O3. The lowest BCUT2D eigenvalue weighted by Gasteiger charge is -2.38. The number of nitrogens with zero attached hydrogens (tertiary/aromatic N) is 1. The van der Waals surface area contributed by atoms with Gasteiger partial charge in [0.2, 0.25) is 17.7 Å². The number of amides is 3. The fourth-order valence-electron chi connectivity index (χ4n) is 5.66. The molecule has 3 amide bonds. The van der Waals surface area contributed by atoms with Crippen LogP contribution in [0, 0.1) is 18.8 Å². The second-order valence-electron chi connectivity index (χ2n) is 11.6. The fraction of sp³-hybridized carbons (Fsp3) is 0.472. The monoisotopic (exact) mass is 607 g/mol. The summed E-state index contributed by atoms with van der Waals surface area (Å²) in [5.74, 6) is 0.737. The van der Waals surface area contributed by atoms with Gasteiger partial charge in [-0.15, -0.1) is 0 Å². The van der Waals surface area contributed by atoms with Crippen molar-refractivity contribution in [3.8, 4) is 0 Å². The molecule has 2 aromatic carbocycles. The molecule has 2 N–H and O–H groups in total. The first kappa shape index (κ1) is 35.8. The van der Waals surface area contributed by atoms with Crippen LogP contribution in [0.3, 0.4) is 0 Å². The largest absolute Gasteiger partial charge is 0.351 e. The van der Waals surface area contributed by atoms with Gasteiger partial charge in [0, 0.05) is 22.8 Å². The van der Waals surface area contributed by atoms with E-state index in [1.807, 2.05) is 51.1 Å². The molecule has 1 saturated carbocycles. The van der Waals surface area contributed by atoms with Gasteiger partial charge < -0.3 is 15.5 Å². The quantitative estimate of drug-likeness (QED) is 0.255. The molecule has 0 bridgehead atoms. The number of nitrogens with one attached hydrogen (secondary N) is 2. The predicted molar refractivity (Wildman–Crippen MR) is 179 cm³/mol. The Kier molecular flexibility index (Phi) is 15.3. The van der Waals surface area contributed by atoms with E-state index in [1.54, 1.807) is 24.0 Å². The van der Waals surface area contributed by atoms with Gasteiger partial charge in [-0.05, 0) is 99.8 Å². The summed E-state index contributed by atoms with van der Waals surface area (Å²) < 4.78 is 0. The number of hydrogen-bond donors (Lipinski definition) is 2. The van der Waals surface area contributed by atoms with Crippen molar-refractivity contribution >= 4 is 35.0 Å². The Morgan fingerprint density at radius 3 is 2.42 bits per heavy atom. The van der Waals surface area contributed by atoms with E-state index in [-0.39, 0.29) is 29.8 Å². The zero-order valence-electron chi connectivity index (χ0n) is 26.7. The summed E-state index contributed by atoms with van der Waals surface area (Å²) in [7, 11) is 0. The average Bonchev–Trinajstić information content (AvgIpc) is 2.97. The molecule has 0 heterocycles. The molecule has 234 valence electrons. The Morgan fingerprint density at radius 1 is 1.12 bits per heavy atom. The molecule has 1 fully saturated rings. The normalized spacial score (nSPS) is 19.4.